The number of carboxylic acid groups (broad SMARTS) is 1. The summed E-state index contributed by atoms with van der Waals surface area (Å²) in [6.07, 6.45) is 2.28. The molecule has 0 saturated heterocycles. The van der Waals surface area contributed by atoms with Gasteiger partial charge in [-0.1, -0.05) is 29.8 Å². The van der Waals surface area contributed by atoms with E-state index in [1.807, 2.05) is 31.2 Å². The first-order chi connectivity index (χ1) is 8.65. The fraction of sp³-hybridized carbons (Fsp3) is 0.286. The van der Waals surface area contributed by atoms with Crippen molar-refractivity contribution in [1.82, 2.24) is 4.98 Å². The van der Waals surface area contributed by atoms with Crippen molar-refractivity contribution in [3.05, 3.63) is 40.5 Å². The van der Waals surface area contributed by atoms with Crippen molar-refractivity contribution in [2.24, 2.45) is 0 Å². The Bertz CT molecular complexity index is 597. The second-order valence-electron chi connectivity index (χ2n) is 4.68. The maximum absolute atomic E-state index is 11.3. The predicted octanol–water partition coefficient (Wildman–Crippen LogP) is 3.69. The van der Waals surface area contributed by atoms with Gasteiger partial charge in [-0.2, -0.15) is 0 Å². The third-order valence-electron chi connectivity index (χ3n) is 3.09. The molecule has 0 bridgehead atoms. The molecular formula is C14H13NO2S. The number of rotatable bonds is 3. The number of carboxylic acids is 1. The van der Waals surface area contributed by atoms with Crippen LogP contribution in [0.25, 0.3) is 10.4 Å². The molecular weight excluding hydrogens is 246 g/mol. The molecule has 1 aromatic carbocycles. The van der Waals surface area contributed by atoms with Crippen LogP contribution in [-0.4, -0.2) is 16.1 Å². The van der Waals surface area contributed by atoms with Gasteiger partial charge in [0.1, 0.15) is 0 Å². The van der Waals surface area contributed by atoms with Crippen LogP contribution in [0.4, 0.5) is 0 Å². The van der Waals surface area contributed by atoms with Crippen molar-refractivity contribution in [3.8, 4) is 10.4 Å². The molecule has 0 aliphatic heterocycles. The third kappa shape index (κ3) is 2.04. The number of aromatic carboxylic acids is 1. The molecule has 1 N–H and O–H groups in total. The number of nitrogens with zero attached hydrogens (tertiary/aromatic N) is 1. The zero-order valence-electron chi connectivity index (χ0n) is 10.0. The van der Waals surface area contributed by atoms with Crippen LogP contribution in [0, 0.1) is 6.92 Å². The van der Waals surface area contributed by atoms with E-state index in [1.54, 1.807) is 0 Å². The van der Waals surface area contributed by atoms with Crippen molar-refractivity contribution in [2.45, 2.75) is 25.7 Å². The normalized spacial score (nSPS) is 14.7. The predicted molar refractivity (Wildman–Crippen MR) is 71.2 cm³/mol. The minimum absolute atomic E-state index is 0.200. The average molecular weight is 259 g/mol. The number of aromatic nitrogens is 1. The van der Waals surface area contributed by atoms with E-state index < -0.39 is 5.97 Å². The Hall–Kier alpha value is -1.68. The number of hydrogen-bond acceptors (Lipinski definition) is 3. The highest BCUT2D eigenvalue weighted by Crippen LogP contribution is 2.44. The largest absolute Gasteiger partial charge is 0.476 e. The van der Waals surface area contributed by atoms with Gasteiger partial charge in [-0.3, -0.25) is 0 Å². The Balaban J connectivity index is 2.08. The first-order valence-electron chi connectivity index (χ1n) is 5.96. The molecule has 3 nitrogen and oxygen atoms in total. The molecule has 18 heavy (non-hydrogen) atoms. The fourth-order valence-corrected chi connectivity index (χ4v) is 3.12. The first-order valence-corrected chi connectivity index (χ1v) is 6.78. The lowest BCUT2D eigenvalue weighted by Crippen LogP contribution is -1.99. The Morgan fingerprint density at radius 1 is 1.33 bits per heavy atom. The fourth-order valence-electron chi connectivity index (χ4n) is 1.89. The number of thiazole rings is 1. The quantitative estimate of drug-likeness (QED) is 0.914. The third-order valence-corrected chi connectivity index (χ3v) is 4.35. The number of hydrogen-bond donors (Lipinski definition) is 1. The molecule has 0 spiro atoms. The van der Waals surface area contributed by atoms with E-state index in [2.05, 4.69) is 4.98 Å². The van der Waals surface area contributed by atoms with Crippen molar-refractivity contribution in [2.75, 3.05) is 0 Å². The molecule has 4 heteroatoms. The minimum Gasteiger partial charge on any atom is -0.476 e. The van der Waals surface area contributed by atoms with E-state index in [-0.39, 0.29) is 5.69 Å². The average Bonchev–Trinajstić information content (AvgIpc) is 3.09. The van der Waals surface area contributed by atoms with E-state index >= 15 is 0 Å². The number of benzene rings is 1. The first kappa shape index (κ1) is 11.4. The summed E-state index contributed by atoms with van der Waals surface area (Å²) in [6, 6.07) is 7.92. The summed E-state index contributed by atoms with van der Waals surface area (Å²) >= 11 is 1.53. The second-order valence-corrected chi connectivity index (χ2v) is 5.71. The van der Waals surface area contributed by atoms with Gasteiger partial charge in [0.05, 0.1) is 9.88 Å². The van der Waals surface area contributed by atoms with Gasteiger partial charge in [-0.15, -0.1) is 11.3 Å². The number of carbonyl (C=O) groups is 1. The van der Waals surface area contributed by atoms with Gasteiger partial charge >= 0.3 is 5.97 Å². The summed E-state index contributed by atoms with van der Waals surface area (Å²) in [6.45, 7) is 2.02. The zero-order valence-corrected chi connectivity index (χ0v) is 10.8. The van der Waals surface area contributed by atoms with Crippen molar-refractivity contribution >= 4 is 17.3 Å². The van der Waals surface area contributed by atoms with E-state index in [4.69, 9.17) is 0 Å². The molecule has 1 heterocycles. The highest BCUT2D eigenvalue weighted by atomic mass is 32.1. The maximum atomic E-state index is 11.3. The highest BCUT2D eigenvalue weighted by Gasteiger charge is 2.30. The van der Waals surface area contributed by atoms with Gasteiger partial charge in [-0.25, -0.2) is 9.78 Å². The van der Waals surface area contributed by atoms with Crippen LogP contribution in [-0.2, 0) is 0 Å². The Morgan fingerprint density at radius 3 is 2.56 bits per heavy atom. The molecule has 0 unspecified atom stereocenters. The van der Waals surface area contributed by atoms with Gasteiger partial charge in [-0.05, 0) is 25.3 Å². The van der Waals surface area contributed by atoms with E-state index in [9.17, 15) is 9.90 Å². The summed E-state index contributed by atoms with van der Waals surface area (Å²) in [5.74, 6) is -0.443. The molecule has 1 fully saturated rings. The SMILES string of the molecule is Cc1ccc(-c2sc(C3CC3)nc2C(=O)O)cc1. The van der Waals surface area contributed by atoms with E-state index in [0.29, 0.717) is 5.92 Å². The molecule has 2 aromatic rings. The molecule has 1 aliphatic carbocycles. The van der Waals surface area contributed by atoms with Crippen LogP contribution in [0.5, 0.6) is 0 Å². The Morgan fingerprint density at radius 2 is 2.00 bits per heavy atom. The van der Waals surface area contributed by atoms with Crippen molar-refractivity contribution in [3.63, 3.8) is 0 Å². The summed E-state index contributed by atoms with van der Waals surface area (Å²) in [5, 5.41) is 10.2. The van der Waals surface area contributed by atoms with Crippen LogP contribution >= 0.6 is 11.3 Å². The zero-order chi connectivity index (χ0) is 12.7. The maximum Gasteiger partial charge on any atom is 0.356 e. The van der Waals surface area contributed by atoms with Crippen LogP contribution < -0.4 is 0 Å². The molecule has 92 valence electrons. The summed E-state index contributed by atoms with van der Waals surface area (Å²) in [7, 11) is 0. The van der Waals surface area contributed by atoms with Crippen LogP contribution in [0.3, 0.4) is 0 Å². The standard InChI is InChI=1S/C14H13NO2S/c1-8-2-4-9(5-3-8)12-11(14(16)17)15-13(18-12)10-6-7-10/h2-5,10H,6-7H2,1H3,(H,16,17). The van der Waals surface area contributed by atoms with Gasteiger partial charge in [0.25, 0.3) is 0 Å². The lowest BCUT2D eigenvalue weighted by molar-refractivity contribution is 0.0692. The van der Waals surface area contributed by atoms with Crippen molar-refractivity contribution in [1.29, 1.82) is 0 Å². The van der Waals surface area contributed by atoms with Crippen molar-refractivity contribution < 1.29 is 9.90 Å². The lowest BCUT2D eigenvalue weighted by Gasteiger charge is -1.99. The summed E-state index contributed by atoms with van der Waals surface area (Å²) < 4.78 is 0. The summed E-state index contributed by atoms with van der Waals surface area (Å²) in [4.78, 5) is 16.3. The van der Waals surface area contributed by atoms with Crippen LogP contribution in [0.15, 0.2) is 24.3 Å². The molecule has 1 saturated carbocycles. The Kier molecular flexibility index (Phi) is 2.67. The van der Waals surface area contributed by atoms with Gasteiger partial charge in [0.2, 0.25) is 0 Å². The molecule has 1 aliphatic rings. The minimum atomic E-state index is -0.936. The van der Waals surface area contributed by atoms with E-state index in [0.717, 1.165) is 28.3 Å². The van der Waals surface area contributed by atoms with E-state index in [1.165, 1.54) is 16.9 Å². The molecule has 0 amide bonds. The topological polar surface area (TPSA) is 50.2 Å². The molecule has 0 atom stereocenters. The second kappa shape index (κ2) is 4.21. The van der Waals surface area contributed by atoms with Crippen LogP contribution in [0.1, 0.15) is 39.8 Å². The highest BCUT2D eigenvalue weighted by molar-refractivity contribution is 7.15. The number of aryl methyl sites for hydroxylation is 1. The van der Waals surface area contributed by atoms with Gasteiger partial charge in [0, 0.05) is 5.92 Å². The molecule has 0 radical (unpaired) electrons. The Labute approximate surface area is 109 Å². The smallest absolute Gasteiger partial charge is 0.356 e. The summed E-state index contributed by atoms with van der Waals surface area (Å²) in [5.41, 5.74) is 2.32. The molecule has 1 aromatic heterocycles. The van der Waals surface area contributed by atoms with Crippen LogP contribution in [0.2, 0.25) is 0 Å². The van der Waals surface area contributed by atoms with Gasteiger partial charge < -0.3 is 5.11 Å². The molecule has 3 rings (SSSR count). The monoisotopic (exact) mass is 259 g/mol. The van der Waals surface area contributed by atoms with Gasteiger partial charge in [0.15, 0.2) is 5.69 Å². The lowest BCUT2D eigenvalue weighted by atomic mass is 10.1.